The monoisotopic (exact) mass is 378 g/mol. The van der Waals surface area contributed by atoms with Crippen LogP contribution >= 0.6 is 0 Å². The number of benzene rings is 2. The highest BCUT2D eigenvalue weighted by molar-refractivity contribution is 5.98. The zero-order valence-electron chi connectivity index (χ0n) is 15.9. The molecule has 0 fully saturated rings. The molecule has 0 amide bonds. The molecular weight excluding hydrogens is 356 g/mol. The van der Waals surface area contributed by atoms with Crippen molar-refractivity contribution in [2.45, 2.75) is 32.6 Å². The summed E-state index contributed by atoms with van der Waals surface area (Å²) in [6.45, 7) is 3.86. The van der Waals surface area contributed by atoms with E-state index in [9.17, 15) is 14.4 Å². The second-order valence-corrected chi connectivity index (χ2v) is 6.89. The molecule has 0 spiro atoms. The normalized spacial score (nSPS) is 11.0. The van der Waals surface area contributed by atoms with Gasteiger partial charge in [-0.25, -0.2) is 4.98 Å². The number of fused-ring (bicyclic) bond motifs is 1. The van der Waals surface area contributed by atoms with Crippen LogP contribution in [-0.4, -0.2) is 28.3 Å². The van der Waals surface area contributed by atoms with E-state index in [0.717, 1.165) is 5.56 Å². The summed E-state index contributed by atoms with van der Waals surface area (Å²) in [5.41, 5.74) is 1.99. The minimum absolute atomic E-state index is 0.0286. The number of para-hydroxylation sites is 1. The second-order valence-electron chi connectivity index (χ2n) is 6.89. The molecular formula is C22H22N2O4. The van der Waals surface area contributed by atoms with Crippen LogP contribution in [0.1, 0.15) is 47.9 Å². The van der Waals surface area contributed by atoms with E-state index >= 15 is 0 Å². The number of esters is 1. The van der Waals surface area contributed by atoms with Gasteiger partial charge in [0, 0.05) is 12.0 Å². The molecule has 0 unspecified atom stereocenters. The SMILES string of the molecule is CC(C)c1ccc(C(=O)COC(=O)CCc2nc3ccccc3c(=O)[nH]2)cc1. The third-order valence-corrected chi connectivity index (χ3v) is 4.49. The predicted molar refractivity (Wildman–Crippen MR) is 107 cm³/mol. The third-order valence-electron chi connectivity index (χ3n) is 4.49. The van der Waals surface area contributed by atoms with E-state index in [-0.39, 0.29) is 30.8 Å². The predicted octanol–water partition coefficient (Wildman–Crippen LogP) is 3.41. The number of aromatic nitrogens is 2. The van der Waals surface area contributed by atoms with Crippen molar-refractivity contribution in [2.24, 2.45) is 0 Å². The lowest BCUT2D eigenvalue weighted by Crippen LogP contribution is -2.16. The van der Waals surface area contributed by atoms with Crippen molar-refractivity contribution >= 4 is 22.7 Å². The van der Waals surface area contributed by atoms with Gasteiger partial charge in [-0.15, -0.1) is 0 Å². The topological polar surface area (TPSA) is 89.1 Å². The number of Topliss-reactive ketones (excluding diaryl/α,β-unsaturated/α-hetero) is 1. The highest BCUT2D eigenvalue weighted by atomic mass is 16.5. The number of aromatic amines is 1. The average Bonchev–Trinajstić information content (AvgIpc) is 2.70. The number of hydrogen-bond acceptors (Lipinski definition) is 5. The maximum Gasteiger partial charge on any atom is 0.306 e. The number of H-pyrrole nitrogens is 1. The van der Waals surface area contributed by atoms with Crippen molar-refractivity contribution in [3.63, 3.8) is 0 Å². The first-order valence-electron chi connectivity index (χ1n) is 9.21. The standard InChI is InChI=1S/C22H22N2O4/c1-14(2)15-7-9-16(10-8-15)19(25)13-28-21(26)12-11-20-23-18-6-4-3-5-17(18)22(27)24-20/h3-10,14H,11-13H2,1-2H3,(H,23,24,27). The van der Waals surface area contributed by atoms with Gasteiger partial charge in [-0.05, 0) is 23.6 Å². The van der Waals surface area contributed by atoms with Crippen LogP contribution in [0, 0.1) is 0 Å². The van der Waals surface area contributed by atoms with Crippen molar-refractivity contribution in [1.29, 1.82) is 0 Å². The van der Waals surface area contributed by atoms with Crippen molar-refractivity contribution in [2.75, 3.05) is 6.61 Å². The highest BCUT2D eigenvalue weighted by Gasteiger charge is 2.12. The lowest BCUT2D eigenvalue weighted by atomic mass is 10.0. The summed E-state index contributed by atoms with van der Waals surface area (Å²) in [4.78, 5) is 43.1. The third kappa shape index (κ3) is 4.71. The number of ketones is 1. The van der Waals surface area contributed by atoms with Gasteiger partial charge in [0.15, 0.2) is 12.4 Å². The number of hydrogen-bond donors (Lipinski definition) is 1. The van der Waals surface area contributed by atoms with E-state index in [1.54, 1.807) is 36.4 Å². The molecule has 0 radical (unpaired) electrons. The van der Waals surface area contributed by atoms with Gasteiger partial charge in [-0.2, -0.15) is 0 Å². The van der Waals surface area contributed by atoms with Gasteiger partial charge in [0.1, 0.15) is 5.82 Å². The van der Waals surface area contributed by atoms with Gasteiger partial charge in [0.25, 0.3) is 5.56 Å². The summed E-state index contributed by atoms with van der Waals surface area (Å²) in [5.74, 6) is 0.0391. The van der Waals surface area contributed by atoms with Crippen LogP contribution in [0.3, 0.4) is 0 Å². The highest BCUT2D eigenvalue weighted by Crippen LogP contribution is 2.15. The molecule has 6 heteroatoms. The minimum Gasteiger partial charge on any atom is -0.457 e. The number of nitrogens with one attached hydrogen (secondary N) is 1. The number of carbonyl (C=O) groups is 2. The molecule has 6 nitrogen and oxygen atoms in total. The van der Waals surface area contributed by atoms with Crippen LogP contribution in [0.5, 0.6) is 0 Å². The van der Waals surface area contributed by atoms with Crippen LogP contribution < -0.4 is 5.56 Å². The van der Waals surface area contributed by atoms with Crippen molar-refractivity contribution in [3.05, 3.63) is 75.8 Å². The Bertz CT molecular complexity index is 1050. The molecule has 3 aromatic rings. The molecule has 2 aromatic carbocycles. The maximum atomic E-state index is 12.2. The molecule has 0 saturated heterocycles. The quantitative estimate of drug-likeness (QED) is 0.503. The van der Waals surface area contributed by atoms with E-state index in [0.29, 0.717) is 28.2 Å². The summed E-state index contributed by atoms with van der Waals surface area (Å²) in [6.07, 6.45) is 0.261. The number of nitrogens with zero attached hydrogens (tertiary/aromatic N) is 1. The molecule has 0 aliphatic rings. The fourth-order valence-corrected chi connectivity index (χ4v) is 2.83. The molecule has 28 heavy (non-hydrogen) atoms. The summed E-state index contributed by atoms with van der Waals surface area (Å²) in [5, 5.41) is 0.503. The summed E-state index contributed by atoms with van der Waals surface area (Å²) < 4.78 is 5.07. The van der Waals surface area contributed by atoms with Gasteiger partial charge < -0.3 is 9.72 Å². The van der Waals surface area contributed by atoms with Crippen LogP contribution in [-0.2, 0) is 16.0 Å². The summed E-state index contributed by atoms with van der Waals surface area (Å²) in [6, 6.07) is 14.3. The van der Waals surface area contributed by atoms with E-state index in [2.05, 4.69) is 23.8 Å². The Hall–Kier alpha value is -3.28. The Morgan fingerprint density at radius 3 is 2.50 bits per heavy atom. The lowest BCUT2D eigenvalue weighted by Gasteiger charge is -2.07. The number of rotatable bonds is 7. The largest absolute Gasteiger partial charge is 0.457 e. The van der Waals surface area contributed by atoms with E-state index < -0.39 is 5.97 Å². The molecule has 3 rings (SSSR count). The average molecular weight is 378 g/mol. The molecule has 0 aliphatic heterocycles. The number of ether oxygens (including phenoxy) is 1. The Kier molecular flexibility index (Phi) is 5.99. The van der Waals surface area contributed by atoms with Gasteiger partial charge in [-0.1, -0.05) is 50.2 Å². The van der Waals surface area contributed by atoms with Crippen LogP contribution in [0.25, 0.3) is 10.9 Å². The Morgan fingerprint density at radius 1 is 1.07 bits per heavy atom. The molecule has 0 bridgehead atoms. The smallest absolute Gasteiger partial charge is 0.306 e. The van der Waals surface area contributed by atoms with Crippen molar-refractivity contribution in [1.82, 2.24) is 9.97 Å². The second kappa shape index (κ2) is 8.61. The maximum absolute atomic E-state index is 12.2. The van der Waals surface area contributed by atoms with Gasteiger partial charge in [-0.3, -0.25) is 14.4 Å². The van der Waals surface area contributed by atoms with E-state index in [1.165, 1.54) is 0 Å². The molecule has 144 valence electrons. The van der Waals surface area contributed by atoms with E-state index in [4.69, 9.17) is 4.74 Å². The Morgan fingerprint density at radius 2 is 1.79 bits per heavy atom. The van der Waals surface area contributed by atoms with Crippen LogP contribution in [0.4, 0.5) is 0 Å². The fraction of sp³-hybridized carbons (Fsp3) is 0.273. The van der Waals surface area contributed by atoms with E-state index in [1.807, 2.05) is 12.1 Å². The minimum atomic E-state index is -0.511. The summed E-state index contributed by atoms with van der Waals surface area (Å²) >= 11 is 0. The Labute approximate surface area is 162 Å². The lowest BCUT2D eigenvalue weighted by molar-refractivity contribution is -0.142. The first kappa shape index (κ1) is 19.5. The van der Waals surface area contributed by atoms with Gasteiger partial charge in [0.2, 0.25) is 0 Å². The zero-order valence-corrected chi connectivity index (χ0v) is 15.9. The van der Waals surface area contributed by atoms with Gasteiger partial charge >= 0.3 is 5.97 Å². The summed E-state index contributed by atoms with van der Waals surface area (Å²) in [7, 11) is 0. The van der Waals surface area contributed by atoms with Crippen LogP contribution in [0.15, 0.2) is 53.3 Å². The number of aryl methyl sites for hydroxylation is 1. The molecule has 0 aliphatic carbocycles. The molecule has 0 atom stereocenters. The first-order valence-corrected chi connectivity index (χ1v) is 9.21. The first-order chi connectivity index (χ1) is 13.4. The fourth-order valence-electron chi connectivity index (χ4n) is 2.83. The zero-order chi connectivity index (χ0) is 20.1. The van der Waals surface area contributed by atoms with Crippen molar-refractivity contribution in [3.8, 4) is 0 Å². The molecule has 1 N–H and O–H groups in total. The Balaban J connectivity index is 1.53. The molecule has 0 saturated carbocycles. The van der Waals surface area contributed by atoms with Crippen LogP contribution in [0.2, 0.25) is 0 Å². The van der Waals surface area contributed by atoms with Gasteiger partial charge in [0.05, 0.1) is 17.3 Å². The van der Waals surface area contributed by atoms with Crippen molar-refractivity contribution < 1.29 is 14.3 Å². The number of carbonyl (C=O) groups excluding carboxylic acids is 2. The molecule has 1 heterocycles. The molecule has 1 aromatic heterocycles.